The minimum atomic E-state index is -0.708. The number of carboxylic acids is 1. The Morgan fingerprint density at radius 1 is 1.16 bits per heavy atom. The molecule has 0 fully saturated rings. The molecule has 2 unspecified atom stereocenters. The minimum Gasteiger partial charge on any atom is -0.481 e. The quantitative estimate of drug-likeness (QED) is 0.751. The molecule has 1 aromatic rings. The highest BCUT2D eigenvalue weighted by Gasteiger charge is 2.39. The van der Waals surface area contributed by atoms with E-state index in [1.165, 1.54) is 5.56 Å². The van der Waals surface area contributed by atoms with E-state index in [2.05, 4.69) is 38.6 Å². The first kappa shape index (κ1) is 16.1. The molecule has 0 aliphatic heterocycles. The Morgan fingerprint density at radius 3 is 2.05 bits per heavy atom. The first-order chi connectivity index (χ1) is 8.77. The Balaban J connectivity index is 3.10. The number of thiol groups is 1. The van der Waals surface area contributed by atoms with Crippen molar-refractivity contribution in [2.45, 2.75) is 57.3 Å². The van der Waals surface area contributed by atoms with Gasteiger partial charge in [0, 0.05) is 4.90 Å². The van der Waals surface area contributed by atoms with E-state index in [0.717, 1.165) is 11.3 Å². The van der Waals surface area contributed by atoms with Crippen molar-refractivity contribution < 1.29 is 9.90 Å². The van der Waals surface area contributed by atoms with Gasteiger partial charge in [-0.1, -0.05) is 32.9 Å². The number of rotatable bonds is 6. The predicted molar refractivity (Wildman–Crippen MR) is 82.0 cm³/mol. The monoisotopic (exact) mass is 280 g/mol. The number of carbonyl (C=O) groups is 1. The van der Waals surface area contributed by atoms with Crippen molar-refractivity contribution in [3.05, 3.63) is 29.8 Å². The smallest absolute Gasteiger partial charge is 0.309 e. The second-order valence-electron chi connectivity index (χ2n) is 5.86. The fraction of sp³-hybridized carbons (Fsp3) is 0.562. The van der Waals surface area contributed by atoms with E-state index >= 15 is 0 Å². The van der Waals surface area contributed by atoms with Gasteiger partial charge >= 0.3 is 5.97 Å². The van der Waals surface area contributed by atoms with Crippen LogP contribution in [-0.2, 0) is 10.2 Å². The number of benzene rings is 1. The Kier molecular flexibility index (Phi) is 5.08. The molecule has 2 atom stereocenters. The summed E-state index contributed by atoms with van der Waals surface area (Å²) in [6.45, 7) is 8.06. The standard InChI is InChI=1S/C16H24O2S/c1-5-15(3,11-16(4,6-2)14(17)18)12-7-9-13(19)10-8-12/h7-10,19H,5-6,11H2,1-4H3,(H,17,18). The molecule has 3 heteroatoms. The first-order valence-electron chi connectivity index (χ1n) is 6.80. The highest BCUT2D eigenvalue weighted by molar-refractivity contribution is 7.80. The summed E-state index contributed by atoms with van der Waals surface area (Å²) in [6.07, 6.45) is 2.21. The lowest BCUT2D eigenvalue weighted by atomic mass is 9.67. The molecule has 0 saturated carbocycles. The van der Waals surface area contributed by atoms with Crippen molar-refractivity contribution in [1.29, 1.82) is 0 Å². The molecule has 0 aromatic heterocycles. The lowest BCUT2D eigenvalue weighted by Gasteiger charge is -2.36. The van der Waals surface area contributed by atoms with Gasteiger partial charge < -0.3 is 5.11 Å². The van der Waals surface area contributed by atoms with Crippen LogP contribution in [0, 0.1) is 5.41 Å². The van der Waals surface area contributed by atoms with Gasteiger partial charge in [0.25, 0.3) is 0 Å². The number of hydrogen-bond acceptors (Lipinski definition) is 2. The maximum absolute atomic E-state index is 11.5. The summed E-state index contributed by atoms with van der Waals surface area (Å²) in [5, 5.41) is 9.47. The Hall–Kier alpha value is -0.960. The maximum Gasteiger partial charge on any atom is 0.309 e. The normalized spacial score (nSPS) is 17.5. The molecule has 0 aliphatic rings. The van der Waals surface area contributed by atoms with Gasteiger partial charge in [-0.3, -0.25) is 4.79 Å². The van der Waals surface area contributed by atoms with Gasteiger partial charge in [-0.2, -0.15) is 0 Å². The molecule has 106 valence electrons. The molecular formula is C16H24O2S. The number of hydrogen-bond donors (Lipinski definition) is 2. The van der Waals surface area contributed by atoms with Crippen molar-refractivity contribution in [3.8, 4) is 0 Å². The zero-order chi connectivity index (χ0) is 14.7. The molecule has 1 N–H and O–H groups in total. The molecule has 0 aliphatic carbocycles. The van der Waals surface area contributed by atoms with Crippen LogP contribution in [0.4, 0.5) is 0 Å². The van der Waals surface area contributed by atoms with Gasteiger partial charge in [-0.15, -0.1) is 12.6 Å². The summed E-state index contributed by atoms with van der Waals surface area (Å²) in [4.78, 5) is 12.4. The summed E-state index contributed by atoms with van der Waals surface area (Å²) in [6, 6.07) is 8.06. The van der Waals surface area contributed by atoms with Gasteiger partial charge in [-0.25, -0.2) is 0 Å². The van der Waals surface area contributed by atoms with Crippen LogP contribution >= 0.6 is 12.6 Å². The molecule has 0 heterocycles. The molecular weight excluding hydrogens is 256 g/mol. The van der Waals surface area contributed by atoms with Crippen molar-refractivity contribution in [3.63, 3.8) is 0 Å². The molecule has 1 aromatic carbocycles. The van der Waals surface area contributed by atoms with Crippen molar-refractivity contribution in [2.24, 2.45) is 5.41 Å². The van der Waals surface area contributed by atoms with E-state index in [4.69, 9.17) is 0 Å². The summed E-state index contributed by atoms with van der Waals surface area (Å²) in [7, 11) is 0. The van der Waals surface area contributed by atoms with Crippen LogP contribution in [0.1, 0.15) is 52.5 Å². The Bertz CT molecular complexity index is 441. The van der Waals surface area contributed by atoms with Gasteiger partial charge in [0.15, 0.2) is 0 Å². The molecule has 19 heavy (non-hydrogen) atoms. The topological polar surface area (TPSA) is 37.3 Å². The van der Waals surface area contributed by atoms with Crippen LogP contribution in [0.5, 0.6) is 0 Å². The minimum absolute atomic E-state index is 0.120. The Labute approximate surface area is 121 Å². The summed E-state index contributed by atoms with van der Waals surface area (Å²) in [5.74, 6) is -0.708. The van der Waals surface area contributed by atoms with Crippen molar-refractivity contribution in [2.75, 3.05) is 0 Å². The average Bonchev–Trinajstić information content (AvgIpc) is 2.38. The third kappa shape index (κ3) is 3.53. The first-order valence-corrected chi connectivity index (χ1v) is 7.25. The van der Waals surface area contributed by atoms with Crippen LogP contribution < -0.4 is 0 Å². The molecule has 0 saturated heterocycles. The van der Waals surface area contributed by atoms with E-state index in [9.17, 15) is 9.90 Å². The fourth-order valence-electron chi connectivity index (χ4n) is 2.51. The summed E-state index contributed by atoms with van der Waals surface area (Å²) < 4.78 is 0. The Morgan fingerprint density at radius 2 is 1.68 bits per heavy atom. The van der Waals surface area contributed by atoms with Gasteiger partial charge in [-0.05, 0) is 49.3 Å². The largest absolute Gasteiger partial charge is 0.481 e. The van der Waals surface area contributed by atoms with Crippen molar-refractivity contribution in [1.82, 2.24) is 0 Å². The van der Waals surface area contributed by atoms with Crippen molar-refractivity contribution >= 4 is 18.6 Å². The lowest BCUT2D eigenvalue weighted by Crippen LogP contribution is -2.36. The van der Waals surface area contributed by atoms with E-state index < -0.39 is 11.4 Å². The zero-order valence-electron chi connectivity index (χ0n) is 12.2. The van der Waals surface area contributed by atoms with E-state index in [0.29, 0.717) is 12.8 Å². The summed E-state index contributed by atoms with van der Waals surface area (Å²) in [5.41, 5.74) is 0.392. The van der Waals surface area contributed by atoms with E-state index in [1.54, 1.807) is 0 Å². The van der Waals surface area contributed by atoms with Crippen LogP contribution in [0.3, 0.4) is 0 Å². The van der Waals surface area contributed by atoms with Gasteiger partial charge in [0.1, 0.15) is 0 Å². The average molecular weight is 280 g/mol. The third-order valence-corrected chi connectivity index (χ3v) is 4.72. The zero-order valence-corrected chi connectivity index (χ0v) is 13.1. The van der Waals surface area contributed by atoms with Gasteiger partial charge in [0.05, 0.1) is 5.41 Å². The molecule has 0 amide bonds. The predicted octanol–water partition coefficient (Wildman–Crippen LogP) is 4.53. The SMILES string of the molecule is CCC(C)(CC(C)(CC)c1ccc(S)cc1)C(=O)O. The second-order valence-corrected chi connectivity index (χ2v) is 6.37. The van der Waals surface area contributed by atoms with Crippen LogP contribution in [0.15, 0.2) is 29.2 Å². The molecule has 0 radical (unpaired) electrons. The third-order valence-electron chi connectivity index (χ3n) is 4.42. The lowest BCUT2D eigenvalue weighted by molar-refractivity contribution is -0.149. The summed E-state index contributed by atoms with van der Waals surface area (Å²) >= 11 is 4.30. The highest BCUT2D eigenvalue weighted by Crippen LogP contribution is 2.41. The number of carboxylic acid groups (broad SMARTS) is 1. The molecule has 2 nitrogen and oxygen atoms in total. The molecule has 0 spiro atoms. The maximum atomic E-state index is 11.5. The van der Waals surface area contributed by atoms with Gasteiger partial charge in [0.2, 0.25) is 0 Å². The highest BCUT2D eigenvalue weighted by atomic mass is 32.1. The fourth-order valence-corrected chi connectivity index (χ4v) is 2.66. The van der Waals surface area contributed by atoms with E-state index in [1.807, 2.05) is 26.0 Å². The van der Waals surface area contributed by atoms with Crippen LogP contribution in [0.25, 0.3) is 0 Å². The number of aliphatic carboxylic acids is 1. The van der Waals surface area contributed by atoms with E-state index in [-0.39, 0.29) is 5.41 Å². The van der Waals surface area contributed by atoms with Crippen LogP contribution in [-0.4, -0.2) is 11.1 Å². The molecule has 0 bridgehead atoms. The molecule has 1 rings (SSSR count). The second kappa shape index (κ2) is 6.00. The van der Waals surface area contributed by atoms with Crippen LogP contribution in [0.2, 0.25) is 0 Å².